The van der Waals surface area contributed by atoms with Gasteiger partial charge in [-0.3, -0.25) is 19.4 Å². The number of ether oxygens (including phenoxy) is 4. The molecule has 0 aliphatic heterocycles. The molecule has 1 unspecified atom stereocenters. The molecule has 0 saturated carbocycles. The van der Waals surface area contributed by atoms with Crippen molar-refractivity contribution in [2.24, 2.45) is 12.8 Å². The number of nitrogens with two attached hydrogens (primary N) is 1. The van der Waals surface area contributed by atoms with Gasteiger partial charge in [0.25, 0.3) is 11.5 Å². The topological polar surface area (TPSA) is 163 Å². The second-order valence-electron chi connectivity index (χ2n) is 11.3. The summed E-state index contributed by atoms with van der Waals surface area (Å²) < 4.78 is 23.4. The summed E-state index contributed by atoms with van der Waals surface area (Å²) in [5, 5.41) is 7.05. The first-order chi connectivity index (χ1) is 23.5. The Bertz CT molecular complexity index is 1540. The van der Waals surface area contributed by atoms with Crippen LogP contribution in [0.1, 0.15) is 15.9 Å². The third-order valence-electron chi connectivity index (χ3n) is 7.22. The number of likely N-dealkylation sites (N-methyl/N-ethyl adjacent to an activating group) is 2. The van der Waals surface area contributed by atoms with Crippen LogP contribution in [-0.2, 0) is 32.5 Å². The molecular formula is C33H45Cl2N7O7. The first kappa shape index (κ1) is 39.8. The van der Waals surface area contributed by atoms with E-state index in [0.717, 1.165) is 5.56 Å². The molecule has 3 rings (SSSR count). The molecule has 49 heavy (non-hydrogen) atoms. The Morgan fingerprint density at radius 2 is 1.49 bits per heavy atom. The molecule has 2 heterocycles. The Morgan fingerprint density at radius 3 is 2.08 bits per heavy atom. The lowest BCUT2D eigenvalue weighted by molar-refractivity contribution is -0.132. The summed E-state index contributed by atoms with van der Waals surface area (Å²) in [5.74, 6) is -0.578. The van der Waals surface area contributed by atoms with Crippen LogP contribution in [0.2, 0.25) is 10.0 Å². The fourth-order valence-electron chi connectivity index (χ4n) is 4.56. The molecule has 0 saturated heterocycles. The Morgan fingerprint density at radius 1 is 0.898 bits per heavy atom. The molecule has 16 heteroatoms. The molecule has 0 aliphatic rings. The highest BCUT2D eigenvalue weighted by Gasteiger charge is 2.27. The number of carbonyl (C=O) groups is 2. The number of benzene rings is 1. The van der Waals surface area contributed by atoms with Crippen molar-refractivity contribution >= 4 is 35.0 Å². The number of hydrogen-bond acceptors (Lipinski definition) is 11. The molecule has 2 aromatic heterocycles. The summed E-state index contributed by atoms with van der Waals surface area (Å²) >= 11 is 12.4. The Hall–Kier alpha value is -3.63. The van der Waals surface area contributed by atoms with Crippen LogP contribution >= 0.6 is 23.2 Å². The van der Waals surface area contributed by atoms with Gasteiger partial charge in [-0.25, -0.2) is 4.68 Å². The van der Waals surface area contributed by atoms with Gasteiger partial charge in [0.1, 0.15) is 12.6 Å². The van der Waals surface area contributed by atoms with Gasteiger partial charge in [0.2, 0.25) is 5.91 Å². The summed E-state index contributed by atoms with van der Waals surface area (Å²) in [6, 6.07) is 6.18. The molecule has 1 atom stereocenters. The van der Waals surface area contributed by atoms with Crippen molar-refractivity contribution in [3.63, 3.8) is 0 Å². The van der Waals surface area contributed by atoms with E-state index < -0.39 is 11.9 Å². The molecule has 0 spiro atoms. The van der Waals surface area contributed by atoms with E-state index in [9.17, 15) is 14.4 Å². The monoisotopic (exact) mass is 721 g/mol. The highest BCUT2D eigenvalue weighted by atomic mass is 35.5. The van der Waals surface area contributed by atoms with Gasteiger partial charge in [-0.2, -0.15) is 5.10 Å². The lowest BCUT2D eigenvalue weighted by atomic mass is 10.00. The maximum Gasteiger partial charge on any atom is 0.278 e. The number of hydrogen-bond donors (Lipinski definition) is 2. The van der Waals surface area contributed by atoms with E-state index in [1.165, 1.54) is 23.3 Å². The molecule has 2 amide bonds. The number of nitrogens with one attached hydrogen (secondary N) is 1. The van der Waals surface area contributed by atoms with Gasteiger partial charge >= 0.3 is 0 Å². The number of amides is 2. The second-order valence-corrected chi connectivity index (χ2v) is 12.1. The molecule has 14 nitrogen and oxygen atoms in total. The number of carbonyl (C=O) groups excluding carboxylic acids is 2. The minimum Gasteiger partial charge on any atom is -0.489 e. The molecule has 0 aliphatic carbocycles. The summed E-state index contributed by atoms with van der Waals surface area (Å²) in [4.78, 5) is 47.4. The van der Waals surface area contributed by atoms with Crippen LogP contribution in [0.3, 0.4) is 0 Å². The first-order valence-electron chi connectivity index (χ1n) is 15.7. The molecule has 0 radical (unpaired) electrons. The molecule has 0 fully saturated rings. The minimum atomic E-state index is -0.937. The van der Waals surface area contributed by atoms with Crippen LogP contribution in [0, 0.1) is 0 Å². The normalized spacial score (nSPS) is 11.8. The SMILES string of the molecule is CN(C)CCN(C)C(=O)C(Cc1ccc(-c2c(OCCOCCOCCOCCN)cnn(C)c2=O)cc1)NC(=O)c1c(Cl)cncc1Cl. The van der Waals surface area contributed by atoms with Crippen LogP contribution in [0.4, 0.5) is 0 Å². The summed E-state index contributed by atoms with van der Waals surface area (Å²) in [7, 11) is 7.06. The Labute approximate surface area is 296 Å². The number of aromatic nitrogens is 3. The van der Waals surface area contributed by atoms with E-state index in [-0.39, 0.29) is 46.7 Å². The van der Waals surface area contributed by atoms with Crippen molar-refractivity contribution in [3.8, 4) is 16.9 Å². The fourth-order valence-corrected chi connectivity index (χ4v) is 5.10. The van der Waals surface area contributed by atoms with E-state index in [0.29, 0.717) is 69.5 Å². The Balaban J connectivity index is 1.70. The van der Waals surface area contributed by atoms with Gasteiger partial charge in [0.15, 0.2) is 5.75 Å². The van der Waals surface area contributed by atoms with Crippen LogP contribution in [0.25, 0.3) is 11.1 Å². The highest BCUT2D eigenvalue weighted by Crippen LogP contribution is 2.27. The maximum atomic E-state index is 13.6. The zero-order valence-electron chi connectivity index (χ0n) is 28.3. The van der Waals surface area contributed by atoms with Gasteiger partial charge in [-0.1, -0.05) is 47.5 Å². The fraction of sp³-hybridized carbons (Fsp3) is 0.485. The number of halogens is 2. The lowest BCUT2D eigenvalue weighted by Gasteiger charge is -2.26. The van der Waals surface area contributed by atoms with Crippen molar-refractivity contribution in [1.29, 1.82) is 0 Å². The summed E-state index contributed by atoms with van der Waals surface area (Å²) in [6.07, 6.45) is 4.28. The van der Waals surface area contributed by atoms with Crippen molar-refractivity contribution in [3.05, 3.63) is 74.4 Å². The average molecular weight is 723 g/mol. The summed E-state index contributed by atoms with van der Waals surface area (Å²) in [5.41, 5.74) is 6.73. The molecule has 1 aromatic carbocycles. The van der Waals surface area contributed by atoms with Gasteiger partial charge < -0.3 is 39.8 Å². The smallest absolute Gasteiger partial charge is 0.278 e. The zero-order chi connectivity index (χ0) is 35.8. The highest BCUT2D eigenvalue weighted by molar-refractivity contribution is 6.39. The maximum absolute atomic E-state index is 13.6. The van der Waals surface area contributed by atoms with Gasteiger partial charge in [-0.15, -0.1) is 0 Å². The quantitative estimate of drug-likeness (QED) is 0.155. The van der Waals surface area contributed by atoms with Crippen molar-refractivity contribution in [1.82, 2.24) is 29.9 Å². The van der Waals surface area contributed by atoms with Crippen LogP contribution < -0.4 is 21.3 Å². The molecule has 0 bridgehead atoms. The minimum absolute atomic E-state index is 0.0337. The lowest BCUT2D eigenvalue weighted by Crippen LogP contribution is -2.49. The van der Waals surface area contributed by atoms with E-state index in [4.69, 9.17) is 47.9 Å². The van der Waals surface area contributed by atoms with Gasteiger partial charge in [0, 0.05) is 52.5 Å². The van der Waals surface area contributed by atoms with Gasteiger partial charge in [0.05, 0.1) is 67.0 Å². The van der Waals surface area contributed by atoms with Crippen molar-refractivity contribution in [2.75, 3.05) is 87.0 Å². The van der Waals surface area contributed by atoms with E-state index in [1.54, 1.807) is 43.3 Å². The molecule has 268 valence electrons. The predicted molar refractivity (Wildman–Crippen MR) is 187 cm³/mol. The van der Waals surface area contributed by atoms with Crippen molar-refractivity contribution < 1.29 is 28.5 Å². The summed E-state index contributed by atoms with van der Waals surface area (Å²) in [6.45, 7) is 4.23. The number of rotatable bonds is 21. The third-order valence-corrected chi connectivity index (χ3v) is 7.79. The molecule has 3 aromatic rings. The number of pyridine rings is 1. The molecule has 3 N–H and O–H groups in total. The van der Waals surface area contributed by atoms with E-state index >= 15 is 0 Å². The predicted octanol–water partition coefficient (Wildman–Crippen LogP) is 1.90. The van der Waals surface area contributed by atoms with E-state index in [1.807, 2.05) is 19.0 Å². The third kappa shape index (κ3) is 12.6. The van der Waals surface area contributed by atoms with Crippen LogP contribution in [0.5, 0.6) is 5.75 Å². The van der Waals surface area contributed by atoms with Gasteiger partial charge in [-0.05, 0) is 25.2 Å². The number of aryl methyl sites for hydroxylation is 1. The zero-order valence-corrected chi connectivity index (χ0v) is 29.8. The average Bonchev–Trinajstić information content (AvgIpc) is 3.07. The van der Waals surface area contributed by atoms with Crippen LogP contribution in [0.15, 0.2) is 47.7 Å². The standard InChI is InChI=1S/C33H45Cl2N7O7/c1-40(2)10-11-41(3)32(44)27(39-31(43)30-25(34)20-37-21-26(30)35)19-23-5-7-24(8-6-23)29-28(22-38-42(4)33(29)45)49-18-17-48-16-15-47-14-13-46-12-9-36/h5-8,20-22,27H,9-19,36H2,1-4H3,(H,39,43). The molecular weight excluding hydrogens is 677 g/mol. The van der Waals surface area contributed by atoms with E-state index in [2.05, 4.69) is 15.4 Å². The van der Waals surface area contributed by atoms with Crippen LogP contribution in [-0.4, -0.2) is 129 Å². The number of nitrogens with zero attached hydrogens (tertiary/aromatic N) is 5. The van der Waals surface area contributed by atoms with Crippen molar-refractivity contribution in [2.45, 2.75) is 12.5 Å². The second kappa shape index (κ2) is 20.8. The largest absolute Gasteiger partial charge is 0.489 e. The first-order valence-corrected chi connectivity index (χ1v) is 16.5. The Kier molecular flexibility index (Phi) is 16.9.